The van der Waals surface area contributed by atoms with Crippen molar-refractivity contribution >= 4 is 23.4 Å². The Bertz CT molecular complexity index is 524. The minimum absolute atomic E-state index is 0.387. The quantitative estimate of drug-likeness (QED) is 0.599. The Labute approximate surface area is 116 Å². The molecule has 1 atom stereocenters. The largest absolute Gasteiger partial charge is 0.468 e. The summed E-state index contributed by atoms with van der Waals surface area (Å²) in [5.41, 5.74) is 0.387. The fourth-order valence-electron chi connectivity index (χ4n) is 1.60. The lowest BCUT2D eigenvalue weighted by molar-refractivity contribution is -0.152. The summed E-state index contributed by atoms with van der Waals surface area (Å²) >= 11 is 0. The van der Waals surface area contributed by atoms with Gasteiger partial charge in [0.1, 0.15) is 0 Å². The van der Waals surface area contributed by atoms with Crippen LogP contribution in [0.5, 0.6) is 0 Å². The fourth-order valence-corrected chi connectivity index (χ4v) is 1.60. The van der Waals surface area contributed by atoms with Crippen LogP contribution in [0.2, 0.25) is 0 Å². The first kappa shape index (κ1) is 15.6. The lowest BCUT2D eigenvalue weighted by Gasteiger charge is -2.11. The molecular weight excluding hydrogens is 262 g/mol. The summed E-state index contributed by atoms with van der Waals surface area (Å²) < 4.78 is 4.39. The number of ether oxygens (including phenoxy) is 1. The summed E-state index contributed by atoms with van der Waals surface area (Å²) in [5, 5.41) is 2.36. The van der Waals surface area contributed by atoms with Gasteiger partial charge in [0, 0.05) is 5.56 Å². The molecule has 0 heterocycles. The van der Waals surface area contributed by atoms with Crippen LogP contribution in [0.3, 0.4) is 0 Å². The summed E-state index contributed by atoms with van der Waals surface area (Å²) in [6.07, 6.45) is 0. The zero-order chi connectivity index (χ0) is 15.1. The van der Waals surface area contributed by atoms with Crippen molar-refractivity contribution in [3.8, 4) is 0 Å². The highest BCUT2D eigenvalue weighted by Crippen LogP contribution is 2.04. The maximum atomic E-state index is 11.8. The van der Waals surface area contributed by atoms with E-state index in [1.807, 2.05) is 0 Å². The molecule has 0 bridgehead atoms. The third kappa shape index (κ3) is 4.01. The van der Waals surface area contributed by atoms with Gasteiger partial charge in [-0.2, -0.15) is 0 Å². The number of benzene rings is 1. The Hall–Kier alpha value is -2.50. The molecule has 6 heteroatoms. The van der Waals surface area contributed by atoms with Crippen molar-refractivity contribution in [1.82, 2.24) is 5.32 Å². The maximum Gasteiger partial charge on any atom is 0.323 e. The highest BCUT2D eigenvalue weighted by molar-refractivity contribution is 6.17. The predicted molar refractivity (Wildman–Crippen MR) is 70.0 cm³/mol. The predicted octanol–water partition coefficient (Wildman–Crippen LogP) is 0.364. The molecule has 0 saturated carbocycles. The van der Waals surface area contributed by atoms with E-state index in [1.165, 1.54) is 0 Å². The van der Waals surface area contributed by atoms with Gasteiger partial charge in [0.2, 0.25) is 0 Å². The summed E-state index contributed by atoms with van der Waals surface area (Å²) in [7, 11) is 1.09. The van der Waals surface area contributed by atoms with E-state index in [0.717, 1.165) is 14.0 Å². The van der Waals surface area contributed by atoms with Crippen LogP contribution in [-0.4, -0.2) is 37.1 Å². The number of amides is 1. The normalized spacial score (nSPS) is 11.3. The zero-order valence-electron chi connectivity index (χ0n) is 11.2. The molecule has 1 aromatic carbocycles. The molecule has 1 unspecified atom stereocenters. The van der Waals surface area contributed by atoms with Gasteiger partial charge >= 0.3 is 5.97 Å². The van der Waals surface area contributed by atoms with Crippen molar-refractivity contribution in [1.29, 1.82) is 0 Å². The molecule has 0 saturated heterocycles. The monoisotopic (exact) mass is 277 g/mol. The van der Waals surface area contributed by atoms with Crippen molar-refractivity contribution in [3.05, 3.63) is 35.9 Å². The summed E-state index contributed by atoms with van der Waals surface area (Å²) in [6, 6.07) is 8.29. The van der Waals surface area contributed by atoms with E-state index < -0.39 is 35.9 Å². The molecule has 0 radical (unpaired) electrons. The Morgan fingerprint density at radius 1 is 1.15 bits per heavy atom. The summed E-state index contributed by atoms with van der Waals surface area (Å²) in [5.74, 6) is -4.18. The Balaban J connectivity index is 2.64. The van der Waals surface area contributed by atoms with E-state index in [4.69, 9.17) is 0 Å². The number of Topliss-reactive ketones (excluding diaryl/α,β-unsaturated/α-hetero) is 2. The van der Waals surface area contributed by atoms with Gasteiger partial charge in [0.05, 0.1) is 13.7 Å². The SMILES string of the molecule is COC(=O)C(C(C)=O)C(=O)CNC(=O)c1ccccc1. The smallest absolute Gasteiger partial charge is 0.323 e. The molecule has 0 aliphatic carbocycles. The second kappa shape index (κ2) is 7.18. The van der Waals surface area contributed by atoms with Crippen LogP contribution < -0.4 is 5.32 Å². The molecule has 0 aromatic heterocycles. The van der Waals surface area contributed by atoms with Crippen molar-refractivity contribution in [2.45, 2.75) is 6.92 Å². The molecule has 1 amide bonds. The first-order chi connectivity index (χ1) is 9.47. The third-order valence-corrected chi connectivity index (χ3v) is 2.62. The van der Waals surface area contributed by atoms with E-state index in [-0.39, 0.29) is 0 Å². The Kier molecular flexibility index (Phi) is 5.58. The first-order valence-electron chi connectivity index (χ1n) is 5.91. The number of carbonyl (C=O) groups is 4. The number of hydrogen-bond acceptors (Lipinski definition) is 5. The average molecular weight is 277 g/mol. The lowest BCUT2D eigenvalue weighted by Crippen LogP contribution is -2.39. The van der Waals surface area contributed by atoms with Crippen LogP contribution in [-0.2, 0) is 19.1 Å². The molecule has 106 valence electrons. The minimum atomic E-state index is -1.49. The van der Waals surface area contributed by atoms with E-state index in [1.54, 1.807) is 30.3 Å². The van der Waals surface area contributed by atoms with E-state index in [0.29, 0.717) is 5.56 Å². The van der Waals surface area contributed by atoms with Gasteiger partial charge in [-0.1, -0.05) is 18.2 Å². The van der Waals surface area contributed by atoms with Crippen LogP contribution in [0.1, 0.15) is 17.3 Å². The molecule has 0 fully saturated rings. The maximum absolute atomic E-state index is 11.8. The molecular formula is C14H15NO5. The van der Waals surface area contributed by atoms with Crippen LogP contribution in [0.15, 0.2) is 30.3 Å². The fraction of sp³-hybridized carbons (Fsp3) is 0.286. The number of esters is 1. The van der Waals surface area contributed by atoms with E-state index in [9.17, 15) is 19.2 Å². The molecule has 1 N–H and O–H groups in total. The standard InChI is InChI=1S/C14H15NO5/c1-9(16)12(14(19)20-2)11(17)8-15-13(18)10-6-4-3-5-7-10/h3-7,12H,8H2,1-2H3,(H,15,18). The molecule has 1 rings (SSSR count). The van der Waals surface area contributed by atoms with Gasteiger partial charge in [-0.05, 0) is 19.1 Å². The van der Waals surface area contributed by atoms with Crippen LogP contribution >= 0.6 is 0 Å². The number of methoxy groups -OCH3 is 1. The van der Waals surface area contributed by atoms with Gasteiger partial charge in [-0.3, -0.25) is 19.2 Å². The van der Waals surface area contributed by atoms with E-state index >= 15 is 0 Å². The number of ketones is 2. The molecule has 1 aromatic rings. The molecule has 0 aliphatic rings. The van der Waals surface area contributed by atoms with Gasteiger partial charge in [-0.15, -0.1) is 0 Å². The summed E-state index contributed by atoms with van der Waals surface area (Å²) in [6.45, 7) is 0.714. The topological polar surface area (TPSA) is 89.5 Å². The number of rotatable bonds is 6. The Morgan fingerprint density at radius 2 is 1.75 bits per heavy atom. The van der Waals surface area contributed by atoms with E-state index in [2.05, 4.69) is 10.1 Å². The first-order valence-corrected chi connectivity index (χ1v) is 5.91. The second-order valence-electron chi connectivity index (χ2n) is 4.08. The number of nitrogens with one attached hydrogen (secondary N) is 1. The van der Waals surface area contributed by atoms with Crippen LogP contribution in [0.4, 0.5) is 0 Å². The van der Waals surface area contributed by atoms with Crippen molar-refractivity contribution in [3.63, 3.8) is 0 Å². The van der Waals surface area contributed by atoms with Crippen molar-refractivity contribution in [2.24, 2.45) is 5.92 Å². The van der Waals surface area contributed by atoms with Crippen molar-refractivity contribution in [2.75, 3.05) is 13.7 Å². The average Bonchev–Trinajstić information content (AvgIpc) is 2.45. The van der Waals surface area contributed by atoms with Gasteiger partial charge in [-0.25, -0.2) is 0 Å². The van der Waals surface area contributed by atoms with Crippen LogP contribution in [0.25, 0.3) is 0 Å². The minimum Gasteiger partial charge on any atom is -0.468 e. The van der Waals surface area contributed by atoms with Crippen LogP contribution in [0, 0.1) is 5.92 Å². The van der Waals surface area contributed by atoms with Gasteiger partial charge in [0.15, 0.2) is 17.5 Å². The molecule has 20 heavy (non-hydrogen) atoms. The summed E-state index contributed by atoms with van der Waals surface area (Å²) in [4.78, 5) is 46.1. The molecule has 6 nitrogen and oxygen atoms in total. The zero-order valence-corrected chi connectivity index (χ0v) is 11.2. The van der Waals surface area contributed by atoms with Crippen molar-refractivity contribution < 1.29 is 23.9 Å². The second-order valence-corrected chi connectivity index (χ2v) is 4.08. The lowest BCUT2D eigenvalue weighted by atomic mass is 10.00. The third-order valence-electron chi connectivity index (χ3n) is 2.62. The highest BCUT2D eigenvalue weighted by atomic mass is 16.5. The number of carbonyl (C=O) groups excluding carboxylic acids is 4. The molecule has 0 aliphatic heterocycles. The molecule has 0 spiro atoms. The van der Waals surface area contributed by atoms with Gasteiger partial charge in [0.25, 0.3) is 5.91 Å². The number of hydrogen-bond donors (Lipinski definition) is 1. The Morgan fingerprint density at radius 3 is 2.25 bits per heavy atom. The van der Waals surface area contributed by atoms with Gasteiger partial charge < -0.3 is 10.1 Å². The highest BCUT2D eigenvalue weighted by Gasteiger charge is 2.31.